The van der Waals surface area contributed by atoms with Crippen LogP contribution in [0, 0.1) is 5.92 Å². The monoisotopic (exact) mass is 417 g/mol. The molecule has 2 heterocycles. The van der Waals surface area contributed by atoms with Gasteiger partial charge in [0.2, 0.25) is 15.9 Å². The molecule has 0 bridgehead atoms. The highest BCUT2D eigenvalue weighted by Gasteiger charge is 2.29. The van der Waals surface area contributed by atoms with Gasteiger partial charge in [-0.2, -0.15) is 4.31 Å². The van der Waals surface area contributed by atoms with Crippen molar-refractivity contribution in [2.45, 2.75) is 31.7 Å². The van der Waals surface area contributed by atoms with Gasteiger partial charge >= 0.3 is 5.97 Å². The van der Waals surface area contributed by atoms with Crippen molar-refractivity contribution in [2.75, 3.05) is 13.7 Å². The number of para-hydroxylation sites is 1. The van der Waals surface area contributed by atoms with E-state index in [0.717, 1.165) is 11.6 Å². The maximum atomic E-state index is 13.5. The summed E-state index contributed by atoms with van der Waals surface area (Å²) in [4.78, 5) is 20.1. The maximum absolute atomic E-state index is 13.5. The van der Waals surface area contributed by atoms with Crippen LogP contribution in [0.3, 0.4) is 0 Å². The van der Waals surface area contributed by atoms with Crippen LogP contribution < -0.4 is 0 Å². The van der Waals surface area contributed by atoms with E-state index in [-0.39, 0.29) is 29.6 Å². The third kappa shape index (κ3) is 4.63. The summed E-state index contributed by atoms with van der Waals surface area (Å²) in [5.41, 5.74) is 0.405. The molecule has 0 radical (unpaired) electrons. The topological polar surface area (TPSA) is 103 Å². The SMILES string of the molecule is COC(=O)c1coc(CN(CCC(C)C)S(=O)(=O)c2cccc3cccnc23)n1. The van der Waals surface area contributed by atoms with Crippen molar-refractivity contribution in [3.63, 3.8) is 0 Å². The summed E-state index contributed by atoms with van der Waals surface area (Å²) in [6, 6.07) is 8.63. The summed E-state index contributed by atoms with van der Waals surface area (Å²) in [6.07, 6.45) is 3.38. The molecular weight excluding hydrogens is 394 g/mol. The molecule has 0 spiro atoms. The minimum Gasteiger partial charge on any atom is -0.464 e. The Kier molecular flexibility index (Phi) is 6.29. The highest BCUT2D eigenvalue weighted by molar-refractivity contribution is 7.89. The molecule has 0 aliphatic rings. The van der Waals surface area contributed by atoms with E-state index in [4.69, 9.17) is 4.42 Å². The first-order chi connectivity index (χ1) is 13.8. The van der Waals surface area contributed by atoms with Gasteiger partial charge in [-0.1, -0.05) is 32.0 Å². The fraction of sp³-hybridized carbons (Fsp3) is 0.350. The van der Waals surface area contributed by atoms with Crippen molar-refractivity contribution in [1.82, 2.24) is 14.3 Å². The zero-order chi connectivity index (χ0) is 21.0. The number of benzene rings is 1. The van der Waals surface area contributed by atoms with Crippen LogP contribution in [0.15, 0.2) is 52.1 Å². The van der Waals surface area contributed by atoms with Gasteiger partial charge in [0.25, 0.3) is 0 Å². The average Bonchev–Trinajstić information content (AvgIpc) is 3.18. The molecule has 154 valence electrons. The molecular formula is C20H23N3O5S. The molecule has 2 aromatic heterocycles. The zero-order valence-electron chi connectivity index (χ0n) is 16.5. The quantitative estimate of drug-likeness (QED) is 0.518. The molecule has 0 saturated carbocycles. The first-order valence-electron chi connectivity index (χ1n) is 9.19. The second-order valence-corrected chi connectivity index (χ2v) is 8.88. The highest BCUT2D eigenvalue weighted by atomic mass is 32.2. The van der Waals surface area contributed by atoms with E-state index in [2.05, 4.69) is 14.7 Å². The molecule has 0 saturated heterocycles. The number of pyridine rings is 1. The van der Waals surface area contributed by atoms with Crippen LogP contribution in [0.5, 0.6) is 0 Å². The number of hydrogen-bond donors (Lipinski definition) is 0. The lowest BCUT2D eigenvalue weighted by atomic mass is 10.1. The van der Waals surface area contributed by atoms with Crippen LogP contribution in [0.25, 0.3) is 10.9 Å². The van der Waals surface area contributed by atoms with E-state index < -0.39 is 16.0 Å². The number of fused-ring (bicyclic) bond motifs is 1. The minimum absolute atomic E-state index is 0.00413. The van der Waals surface area contributed by atoms with Crippen molar-refractivity contribution in [1.29, 1.82) is 0 Å². The molecule has 0 N–H and O–H groups in total. The van der Waals surface area contributed by atoms with Crippen LogP contribution in [-0.2, 0) is 21.3 Å². The molecule has 3 rings (SSSR count). The Labute approximate surface area is 169 Å². The molecule has 3 aromatic rings. The van der Waals surface area contributed by atoms with Crippen LogP contribution >= 0.6 is 0 Å². The van der Waals surface area contributed by atoms with E-state index in [1.165, 1.54) is 11.4 Å². The molecule has 0 aliphatic carbocycles. The Morgan fingerprint density at radius 2 is 2.00 bits per heavy atom. The highest BCUT2D eigenvalue weighted by Crippen LogP contribution is 2.26. The van der Waals surface area contributed by atoms with Gasteiger partial charge in [0.15, 0.2) is 5.69 Å². The second-order valence-electron chi connectivity index (χ2n) is 6.97. The van der Waals surface area contributed by atoms with Gasteiger partial charge in [0.05, 0.1) is 19.2 Å². The number of nitrogens with zero attached hydrogens (tertiary/aromatic N) is 3. The Bertz CT molecular complexity index is 1100. The van der Waals surface area contributed by atoms with Gasteiger partial charge in [0.1, 0.15) is 11.2 Å². The molecule has 0 fully saturated rings. The molecule has 0 unspecified atom stereocenters. The lowest BCUT2D eigenvalue weighted by Gasteiger charge is -2.22. The number of sulfonamides is 1. The summed E-state index contributed by atoms with van der Waals surface area (Å²) in [6.45, 7) is 4.21. The van der Waals surface area contributed by atoms with Crippen molar-refractivity contribution in [3.8, 4) is 0 Å². The third-order valence-electron chi connectivity index (χ3n) is 4.43. The van der Waals surface area contributed by atoms with E-state index in [0.29, 0.717) is 17.9 Å². The number of carbonyl (C=O) groups excluding carboxylic acids is 1. The largest absolute Gasteiger partial charge is 0.464 e. The van der Waals surface area contributed by atoms with E-state index in [1.807, 2.05) is 26.0 Å². The average molecular weight is 417 g/mol. The number of esters is 1. The smallest absolute Gasteiger partial charge is 0.360 e. The zero-order valence-corrected chi connectivity index (χ0v) is 17.3. The normalized spacial score (nSPS) is 12.0. The lowest BCUT2D eigenvalue weighted by Crippen LogP contribution is -2.32. The van der Waals surface area contributed by atoms with Gasteiger partial charge in [-0.25, -0.2) is 18.2 Å². The molecule has 0 aliphatic heterocycles. The Hall–Kier alpha value is -2.78. The van der Waals surface area contributed by atoms with Gasteiger partial charge in [-0.05, 0) is 24.5 Å². The Morgan fingerprint density at radius 3 is 2.72 bits per heavy atom. The number of aromatic nitrogens is 2. The van der Waals surface area contributed by atoms with E-state index in [1.54, 1.807) is 24.4 Å². The van der Waals surface area contributed by atoms with Crippen LogP contribution in [0.4, 0.5) is 0 Å². The number of hydrogen-bond acceptors (Lipinski definition) is 7. The maximum Gasteiger partial charge on any atom is 0.360 e. The second kappa shape index (κ2) is 8.71. The van der Waals surface area contributed by atoms with Gasteiger partial charge in [0, 0.05) is 18.1 Å². The summed E-state index contributed by atoms with van der Waals surface area (Å²) in [5.74, 6) is -0.227. The Morgan fingerprint density at radius 1 is 1.24 bits per heavy atom. The molecule has 8 nitrogen and oxygen atoms in total. The summed E-state index contributed by atoms with van der Waals surface area (Å²) >= 11 is 0. The first kappa shape index (κ1) is 20.9. The van der Waals surface area contributed by atoms with Crippen LogP contribution in [-0.4, -0.2) is 42.3 Å². The molecule has 29 heavy (non-hydrogen) atoms. The number of rotatable bonds is 8. The lowest BCUT2D eigenvalue weighted by molar-refractivity contribution is 0.0594. The molecule has 0 atom stereocenters. The van der Waals surface area contributed by atoms with Gasteiger partial charge in [-0.3, -0.25) is 4.98 Å². The fourth-order valence-electron chi connectivity index (χ4n) is 2.84. The molecule has 0 amide bonds. The summed E-state index contributed by atoms with van der Waals surface area (Å²) in [5, 5.41) is 0.737. The fourth-order valence-corrected chi connectivity index (χ4v) is 4.41. The van der Waals surface area contributed by atoms with Gasteiger partial charge in [-0.15, -0.1) is 0 Å². The molecule has 1 aromatic carbocycles. The number of ether oxygens (including phenoxy) is 1. The standard InChI is InChI=1S/C20H23N3O5S/c1-14(2)9-11-23(12-18-22-16(13-28-18)20(24)27-3)29(25,26)17-8-4-6-15-7-5-10-21-19(15)17/h4-8,10,13-14H,9,11-12H2,1-3H3. The van der Waals surface area contributed by atoms with Crippen molar-refractivity contribution < 1.29 is 22.4 Å². The number of methoxy groups -OCH3 is 1. The van der Waals surface area contributed by atoms with Gasteiger partial charge < -0.3 is 9.15 Å². The van der Waals surface area contributed by atoms with Crippen molar-refractivity contribution in [2.24, 2.45) is 5.92 Å². The first-order valence-corrected chi connectivity index (χ1v) is 10.6. The predicted molar refractivity (Wildman–Crippen MR) is 107 cm³/mol. The van der Waals surface area contributed by atoms with Crippen molar-refractivity contribution >= 4 is 26.9 Å². The Balaban J connectivity index is 1.98. The predicted octanol–water partition coefficient (Wildman–Crippen LogP) is 3.25. The van der Waals surface area contributed by atoms with E-state index in [9.17, 15) is 13.2 Å². The molecule has 9 heteroatoms. The summed E-state index contributed by atoms with van der Waals surface area (Å²) in [7, 11) is -2.64. The summed E-state index contributed by atoms with van der Waals surface area (Å²) < 4.78 is 38.2. The van der Waals surface area contributed by atoms with Crippen LogP contribution in [0.2, 0.25) is 0 Å². The van der Waals surface area contributed by atoms with Crippen LogP contribution in [0.1, 0.15) is 36.6 Å². The third-order valence-corrected chi connectivity index (χ3v) is 6.30. The van der Waals surface area contributed by atoms with Crippen molar-refractivity contribution in [3.05, 3.63) is 54.4 Å². The number of oxazole rings is 1. The van der Waals surface area contributed by atoms with E-state index >= 15 is 0 Å². The minimum atomic E-state index is -3.88. The number of carbonyl (C=O) groups is 1.